The Kier molecular flexibility index (Phi) is 6.05. The molecular formula is C14H14N4O4. The van der Waals surface area contributed by atoms with Gasteiger partial charge in [-0.25, -0.2) is 0 Å². The highest BCUT2D eigenvalue weighted by molar-refractivity contribution is 5.77. The second kappa shape index (κ2) is 8.00. The topological polar surface area (TPSA) is 138 Å². The van der Waals surface area contributed by atoms with Crippen molar-refractivity contribution in [2.24, 2.45) is 0 Å². The molecular weight excluding hydrogens is 288 g/mol. The van der Waals surface area contributed by atoms with Gasteiger partial charge in [0.1, 0.15) is 0 Å². The van der Waals surface area contributed by atoms with Crippen LogP contribution in [0.3, 0.4) is 0 Å². The van der Waals surface area contributed by atoms with E-state index in [4.69, 9.17) is 11.5 Å². The summed E-state index contributed by atoms with van der Waals surface area (Å²) in [6.45, 7) is 0. The maximum absolute atomic E-state index is 10.1. The predicted molar refractivity (Wildman–Crippen MR) is 85.6 cm³/mol. The number of anilines is 2. The van der Waals surface area contributed by atoms with Gasteiger partial charge in [-0.3, -0.25) is 20.2 Å². The molecule has 1 rings (SSSR count). The Bertz CT molecular complexity index is 631. The summed E-state index contributed by atoms with van der Waals surface area (Å²) in [5.74, 6) is 0. The third-order valence-electron chi connectivity index (χ3n) is 2.48. The molecule has 114 valence electrons. The molecule has 8 nitrogen and oxygen atoms in total. The summed E-state index contributed by atoms with van der Waals surface area (Å²) in [5.41, 5.74) is 13.8. The monoisotopic (exact) mass is 302 g/mol. The van der Waals surface area contributed by atoms with Crippen LogP contribution in [0, 0.1) is 20.2 Å². The van der Waals surface area contributed by atoms with Crippen LogP contribution in [-0.4, -0.2) is 9.85 Å². The molecule has 0 unspecified atom stereocenters. The highest BCUT2D eigenvalue weighted by Gasteiger charge is 2.01. The van der Waals surface area contributed by atoms with E-state index in [1.165, 1.54) is 24.3 Å². The minimum absolute atomic E-state index is 0.429. The lowest BCUT2D eigenvalue weighted by Gasteiger charge is -2.06. The molecule has 0 saturated carbocycles. The molecule has 0 aliphatic carbocycles. The normalized spacial score (nSPS) is 12.0. The smallest absolute Gasteiger partial charge is 0.234 e. The molecule has 0 spiro atoms. The number of nitro groups is 2. The zero-order valence-electron chi connectivity index (χ0n) is 11.5. The maximum Gasteiger partial charge on any atom is 0.234 e. The third kappa shape index (κ3) is 5.70. The Morgan fingerprint density at radius 1 is 0.773 bits per heavy atom. The summed E-state index contributed by atoms with van der Waals surface area (Å²) in [5, 5.41) is 20.3. The van der Waals surface area contributed by atoms with Gasteiger partial charge in [0.05, 0.1) is 9.85 Å². The molecule has 0 aliphatic rings. The second-order valence-electron chi connectivity index (χ2n) is 4.08. The van der Waals surface area contributed by atoms with Crippen molar-refractivity contribution in [3.63, 3.8) is 0 Å². The highest BCUT2D eigenvalue weighted by Crippen LogP contribution is 2.23. The molecule has 4 N–H and O–H groups in total. The zero-order chi connectivity index (χ0) is 16.5. The van der Waals surface area contributed by atoms with Crippen LogP contribution in [-0.2, 0) is 0 Å². The number of nitrogens with zero attached hydrogens (tertiary/aromatic N) is 2. The van der Waals surface area contributed by atoms with Crippen LogP contribution in [0.4, 0.5) is 11.4 Å². The number of allylic oxidation sites excluding steroid dienone is 4. The first-order valence-corrected chi connectivity index (χ1v) is 6.06. The van der Waals surface area contributed by atoms with Gasteiger partial charge in [-0.1, -0.05) is 24.3 Å². The molecule has 0 fully saturated rings. The van der Waals surface area contributed by atoms with Crippen LogP contribution in [0.15, 0.2) is 48.8 Å². The van der Waals surface area contributed by atoms with Gasteiger partial charge in [0.25, 0.3) is 0 Å². The van der Waals surface area contributed by atoms with Crippen molar-refractivity contribution in [2.75, 3.05) is 11.5 Å². The van der Waals surface area contributed by atoms with Crippen molar-refractivity contribution >= 4 is 23.5 Å². The van der Waals surface area contributed by atoms with Crippen molar-refractivity contribution in [1.82, 2.24) is 0 Å². The maximum atomic E-state index is 10.1. The van der Waals surface area contributed by atoms with E-state index in [9.17, 15) is 20.2 Å². The quantitative estimate of drug-likeness (QED) is 0.358. The van der Waals surface area contributed by atoms with Gasteiger partial charge in [-0.15, -0.1) is 0 Å². The molecule has 1 aromatic rings. The molecule has 8 heteroatoms. The fourth-order valence-corrected chi connectivity index (χ4v) is 1.52. The lowest BCUT2D eigenvalue weighted by atomic mass is 10.1. The second-order valence-corrected chi connectivity index (χ2v) is 4.08. The van der Waals surface area contributed by atoms with E-state index in [0.29, 0.717) is 22.5 Å². The Hall–Kier alpha value is -3.42. The minimum Gasteiger partial charge on any atom is -0.398 e. The summed E-state index contributed by atoms with van der Waals surface area (Å²) in [7, 11) is 0. The number of hydrogen-bond acceptors (Lipinski definition) is 6. The van der Waals surface area contributed by atoms with E-state index < -0.39 is 9.85 Å². The van der Waals surface area contributed by atoms with E-state index in [1.54, 1.807) is 24.3 Å². The van der Waals surface area contributed by atoms with Gasteiger partial charge in [0.2, 0.25) is 12.4 Å². The van der Waals surface area contributed by atoms with Crippen LogP contribution >= 0.6 is 0 Å². The fraction of sp³-hybridized carbons (Fsp3) is 0. The zero-order valence-corrected chi connectivity index (χ0v) is 11.5. The van der Waals surface area contributed by atoms with Gasteiger partial charge >= 0.3 is 0 Å². The number of nitrogen functional groups attached to an aromatic ring is 2. The van der Waals surface area contributed by atoms with E-state index in [2.05, 4.69) is 0 Å². The SMILES string of the molecule is Nc1cc(/C=C/C=C/[N+](=O)[O-])c(N)cc1/C=C/C=C/[N+](=O)[O-]. The Labute approximate surface area is 126 Å². The molecule has 1 aromatic carbocycles. The van der Waals surface area contributed by atoms with Crippen molar-refractivity contribution in [3.8, 4) is 0 Å². The van der Waals surface area contributed by atoms with Crippen molar-refractivity contribution in [3.05, 3.63) is 80.2 Å². The first-order valence-electron chi connectivity index (χ1n) is 6.06. The molecule has 0 aromatic heterocycles. The molecule has 0 amide bonds. The van der Waals surface area contributed by atoms with E-state index in [1.807, 2.05) is 0 Å². The first kappa shape index (κ1) is 16.6. The summed E-state index contributed by atoms with van der Waals surface area (Å²) in [6.07, 6.45) is 10.3. The van der Waals surface area contributed by atoms with Crippen LogP contribution < -0.4 is 11.5 Å². The van der Waals surface area contributed by atoms with Crippen molar-refractivity contribution in [2.45, 2.75) is 0 Å². The molecule has 0 aliphatic heterocycles. The van der Waals surface area contributed by atoms with Gasteiger partial charge in [0, 0.05) is 23.5 Å². The van der Waals surface area contributed by atoms with E-state index >= 15 is 0 Å². The molecule has 0 bridgehead atoms. The van der Waals surface area contributed by atoms with Gasteiger partial charge in [0.15, 0.2) is 0 Å². The number of nitrogens with two attached hydrogens (primary N) is 2. The number of rotatable bonds is 6. The summed E-state index contributed by atoms with van der Waals surface area (Å²) < 4.78 is 0. The van der Waals surface area contributed by atoms with Gasteiger partial charge < -0.3 is 11.5 Å². The molecule has 0 radical (unpaired) electrons. The Morgan fingerprint density at radius 2 is 1.14 bits per heavy atom. The van der Waals surface area contributed by atoms with Crippen LogP contribution in [0.25, 0.3) is 12.2 Å². The largest absolute Gasteiger partial charge is 0.398 e. The van der Waals surface area contributed by atoms with Gasteiger partial charge in [-0.05, 0) is 23.3 Å². The standard InChI is InChI=1S/C14H14N4O4/c15-13-10-12(6-2-4-8-18(21)22)14(16)9-11(13)5-1-3-7-17(19)20/h1-10H,15-16H2/b5-1+,6-2+,7-3+,8-4+. The third-order valence-corrected chi connectivity index (χ3v) is 2.48. The fourth-order valence-electron chi connectivity index (χ4n) is 1.52. The average molecular weight is 302 g/mol. The lowest BCUT2D eigenvalue weighted by Crippen LogP contribution is -1.96. The molecule has 0 heterocycles. The van der Waals surface area contributed by atoms with Crippen molar-refractivity contribution in [1.29, 1.82) is 0 Å². The number of hydrogen-bond donors (Lipinski definition) is 2. The van der Waals surface area contributed by atoms with E-state index in [-0.39, 0.29) is 0 Å². The summed E-state index contributed by atoms with van der Waals surface area (Å²) in [4.78, 5) is 19.1. The first-order chi connectivity index (χ1) is 10.4. The van der Waals surface area contributed by atoms with Gasteiger partial charge in [-0.2, -0.15) is 0 Å². The number of benzene rings is 1. The summed E-state index contributed by atoms with van der Waals surface area (Å²) in [6, 6.07) is 3.23. The van der Waals surface area contributed by atoms with Crippen molar-refractivity contribution < 1.29 is 9.85 Å². The average Bonchev–Trinajstić information content (AvgIpc) is 2.43. The molecule has 0 atom stereocenters. The molecule has 0 saturated heterocycles. The Morgan fingerprint density at radius 3 is 1.45 bits per heavy atom. The van der Waals surface area contributed by atoms with Crippen LogP contribution in [0.2, 0.25) is 0 Å². The molecule has 22 heavy (non-hydrogen) atoms. The van der Waals surface area contributed by atoms with Crippen LogP contribution in [0.5, 0.6) is 0 Å². The highest BCUT2D eigenvalue weighted by atomic mass is 16.6. The van der Waals surface area contributed by atoms with Crippen LogP contribution in [0.1, 0.15) is 11.1 Å². The van der Waals surface area contributed by atoms with E-state index in [0.717, 1.165) is 12.4 Å². The Balaban J connectivity index is 2.92. The lowest BCUT2D eigenvalue weighted by molar-refractivity contribution is -0.402. The summed E-state index contributed by atoms with van der Waals surface area (Å²) >= 11 is 0. The predicted octanol–water partition coefficient (Wildman–Crippen LogP) is 2.46. The minimum atomic E-state index is -0.575.